The number of hydrogen-bond donors (Lipinski definition) is 2. The van der Waals surface area contributed by atoms with Gasteiger partial charge in [-0.25, -0.2) is 8.42 Å². The van der Waals surface area contributed by atoms with E-state index in [1.807, 2.05) is 11.8 Å². The minimum Gasteiger partial charge on any atom is -0.397 e. The van der Waals surface area contributed by atoms with E-state index in [4.69, 9.17) is 5.73 Å². The highest BCUT2D eigenvalue weighted by Gasteiger charge is 2.15. The fourth-order valence-electron chi connectivity index (χ4n) is 1.93. The number of anilines is 2. The summed E-state index contributed by atoms with van der Waals surface area (Å²) in [6.07, 6.45) is 2.42. The third-order valence-electron chi connectivity index (χ3n) is 3.06. The van der Waals surface area contributed by atoms with Crippen molar-refractivity contribution < 1.29 is 8.42 Å². The zero-order valence-electron chi connectivity index (χ0n) is 10.3. The lowest BCUT2D eigenvalue weighted by molar-refractivity contribution is 0.602. The predicted octanol–water partition coefficient (Wildman–Crippen LogP) is 1.84. The maximum Gasteiger partial charge on any atom is 0.175 e. The average Bonchev–Trinajstić information content (AvgIpc) is 2.79. The quantitative estimate of drug-likeness (QED) is 0.826. The Labute approximate surface area is 112 Å². The standard InChI is InChI=1S/C12H18N2O2S2/c1-18(15,16)10-2-3-12(11(13)6-10)14-7-9-4-5-17-8-9/h2-3,6,9,14H,4-5,7-8,13H2,1H3. The monoisotopic (exact) mass is 286 g/mol. The Balaban J connectivity index is 2.05. The van der Waals surface area contributed by atoms with Crippen LogP contribution in [0, 0.1) is 5.92 Å². The Kier molecular flexibility index (Phi) is 4.07. The molecule has 1 aliphatic heterocycles. The fourth-order valence-corrected chi connectivity index (χ4v) is 3.87. The summed E-state index contributed by atoms with van der Waals surface area (Å²) in [6.45, 7) is 0.898. The summed E-state index contributed by atoms with van der Waals surface area (Å²) in [4.78, 5) is 0.266. The zero-order chi connectivity index (χ0) is 13.2. The van der Waals surface area contributed by atoms with Gasteiger partial charge in [-0.3, -0.25) is 0 Å². The van der Waals surface area contributed by atoms with Crippen LogP contribution in [0.3, 0.4) is 0 Å². The van der Waals surface area contributed by atoms with Crippen molar-refractivity contribution in [2.24, 2.45) is 5.92 Å². The van der Waals surface area contributed by atoms with Crippen molar-refractivity contribution in [3.05, 3.63) is 18.2 Å². The van der Waals surface area contributed by atoms with Crippen molar-refractivity contribution in [1.29, 1.82) is 0 Å². The lowest BCUT2D eigenvalue weighted by atomic mass is 10.1. The molecule has 2 rings (SSSR count). The van der Waals surface area contributed by atoms with Crippen molar-refractivity contribution in [2.45, 2.75) is 11.3 Å². The van der Waals surface area contributed by atoms with E-state index in [0.29, 0.717) is 11.6 Å². The molecule has 6 heteroatoms. The highest BCUT2D eigenvalue weighted by atomic mass is 32.2. The predicted molar refractivity (Wildman–Crippen MR) is 77.9 cm³/mol. The molecule has 1 aliphatic rings. The molecular formula is C12H18N2O2S2. The number of thioether (sulfide) groups is 1. The third-order valence-corrected chi connectivity index (χ3v) is 5.40. The highest BCUT2D eigenvalue weighted by molar-refractivity contribution is 7.99. The molecule has 1 saturated heterocycles. The molecule has 0 amide bonds. The maximum absolute atomic E-state index is 11.4. The summed E-state index contributed by atoms with van der Waals surface area (Å²) in [6, 6.07) is 4.85. The number of sulfone groups is 1. The van der Waals surface area contributed by atoms with Crippen molar-refractivity contribution in [3.63, 3.8) is 0 Å². The molecule has 0 saturated carbocycles. The molecule has 1 aromatic rings. The summed E-state index contributed by atoms with van der Waals surface area (Å²) in [5, 5.41) is 3.30. The number of benzene rings is 1. The largest absolute Gasteiger partial charge is 0.397 e. The molecule has 100 valence electrons. The molecule has 0 aromatic heterocycles. The first kappa shape index (κ1) is 13.5. The summed E-state index contributed by atoms with van der Waals surface area (Å²) in [7, 11) is -3.18. The molecule has 1 fully saturated rings. The van der Waals surface area contributed by atoms with Gasteiger partial charge in [0.15, 0.2) is 9.84 Å². The second-order valence-corrected chi connectivity index (χ2v) is 7.80. The summed E-state index contributed by atoms with van der Waals surface area (Å²) in [5.74, 6) is 3.10. The smallest absolute Gasteiger partial charge is 0.175 e. The van der Waals surface area contributed by atoms with Crippen molar-refractivity contribution in [1.82, 2.24) is 0 Å². The van der Waals surface area contributed by atoms with Crippen LogP contribution in [0.15, 0.2) is 23.1 Å². The first-order valence-electron chi connectivity index (χ1n) is 5.88. The first-order chi connectivity index (χ1) is 8.47. The summed E-state index contributed by atoms with van der Waals surface area (Å²) in [5.41, 5.74) is 7.18. The molecule has 1 unspecified atom stereocenters. The number of hydrogen-bond acceptors (Lipinski definition) is 5. The van der Waals surface area contributed by atoms with Gasteiger partial charge in [0.1, 0.15) is 0 Å². The van der Waals surface area contributed by atoms with Gasteiger partial charge >= 0.3 is 0 Å². The average molecular weight is 286 g/mol. The van der Waals surface area contributed by atoms with E-state index < -0.39 is 9.84 Å². The number of nitrogen functional groups attached to an aromatic ring is 1. The van der Waals surface area contributed by atoms with Gasteiger partial charge in [-0.1, -0.05) is 0 Å². The molecule has 1 atom stereocenters. The fraction of sp³-hybridized carbons (Fsp3) is 0.500. The lowest BCUT2D eigenvalue weighted by Gasteiger charge is -2.13. The Morgan fingerprint density at radius 1 is 1.50 bits per heavy atom. The van der Waals surface area contributed by atoms with Gasteiger partial charge in [0, 0.05) is 12.8 Å². The molecule has 0 aliphatic carbocycles. The SMILES string of the molecule is CS(=O)(=O)c1ccc(NCC2CCSC2)c(N)c1. The minimum absolute atomic E-state index is 0.266. The third kappa shape index (κ3) is 3.32. The van der Waals surface area contributed by atoms with Gasteiger partial charge in [0.05, 0.1) is 16.3 Å². The molecule has 1 aromatic carbocycles. The normalized spacial score (nSPS) is 19.9. The van der Waals surface area contributed by atoms with E-state index >= 15 is 0 Å². The van der Waals surface area contributed by atoms with Crippen LogP contribution in [0.4, 0.5) is 11.4 Å². The van der Waals surface area contributed by atoms with E-state index in [2.05, 4.69) is 5.32 Å². The Hall–Kier alpha value is -0.880. The van der Waals surface area contributed by atoms with E-state index in [0.717, 1.165) is 12.2 Å². The second-order valence-electron chi connectivity index (χ2n) is 4.63. The lowest BCUT2D eigenvalue weighted by Crippen LogP contribution is -2.14. The minimum atomic E-state index is -3.18. The van der Waals surface area contributed by atoms with Crippen molar-refractivity contribution in [3.8, 4) is 0 Å². The Morgan fingerprint density at radius 2 is 2.28 bits per heavy atom. The topological polar surface area (TPSA) is 72.2 Å². The number of nitrogens with one attached hydrogen (secondary N) is 1. The van der Waals surface area contributed by atoms with Gasteiger partial charge in [-0.05, 0) is 42.0 Å². The molecule has 0 bridgehead atoms. The number of nitrogens with two attached hydrogens (primary N) is 1. The van der Waals surface area contributed by atoms with Crippen LogP contribution in [0.5, 0.6) is 0 Å². The number of rotatable bonds is 4. The molecular weight excluding hydrogens is 268 g/mol. The maximum atomic E-state index is 11.4. The summed E-state index contributed by atoms with van der Waals surface area (Å²) >= 11 is 1.98. The van der Waals surface area contributed by atoms with Crippen molar-refractivity contribution in [2.75, 3.05) is 35.4 Å². The Morgan fingerprint density at radius 3 is 2.83 bits per heavy atom. The second kappa shape index (κ2) is 5.40. The van der Waals surface area contributed by atoms with Crippen LogP contribution in [-0.2, 0) is 9.84 Å². The zero-order valence-corrected chi connectivity index (χ0v) is 12.0. The first-order valence-corrected chi connectivity index (χ1v) is 8.92. The highest BCUT2D eigenvalue weighted by Crippen LogP contribution is 2.26. The van der Waals surface area contributed by atoms with Crippen LogP contribution >= 0.6 is 11.8 Å². The Bertz CT molecular complexity index is 523. The van der Waals surface area contributed by atoms with Crippen LogP contribution in [0.2, 0.25) is 0 Å². The molecule has 0 spiro atoms. The van der Waals surface area contributed by atoms with E-state index in [-0.39, 0.29) is 4.90 Å². The van der Waals surface area contributed by atoms with Crippen molar-refractivity contribution >= 4 is 33.0 Å². The van der Waals surface area contributed by atoms with Gasteiger partial charge in [-0.2, -0.15) is 11.8 Å². The van der Waals surface area contributed by atoms with E-state index in [1.54, 1.807) is 12.1 Å². The van der Waals surface area contributed by atoms with Gasteiger partial charge in [0.2, 0.25) is 0 Å². The molecule has 0 radical (unpaired) electrons. The van der Waals surface area contributed by atoms with Gasteiger partial charge < -0.3 is 11.1 Å². The summed E-state index contributed by atoms with van der Waals surface area (Å²) < 4.78 is 22.8. The van der Waals surface area contributed by atoms with Crippen LogP contribution < -0.4 is 11.1 Å². The van der Waals surface area contributed by atoms with Gasteiger partial charge in [0.25, 0.3) is 0 Å². The molecule has 4 nitrogen and oxygen atoms in total. The molecule has 18 heavy (non-hydrogen) atoms. The molecule has 3 N–H and O–H groups in total. The van der Waals surface area contributed by atoms with Crippen LogP contribution in [0.1, 0.15) is 6.42 Å². The van der Waals surface area contributed by atoms with Gasteiger partial charge in [-0.15, -0.1) is 0 Å². The van der Waals surface area contributed by atoms with Crippen LogP contribution in [-0.4, -0.2) is 32.7 Å². The molecule has 1 heterocycles. The van der Waals surface area contributed by atoms with E-state index in [1.165, 1.54) is 30.2 Å². The van der Waals surface area contributed by atoms with Crippen LogP contribution in [0.25, 0.3) is 0 Å². The van der Waals surface area contributed by atoms with E-state index in [9.17, 15) is 8.42 Å².